The number of aromatic nitrogens is 2. The lowest BCUT2D eigenvalue weighted by atomic mass is 10.0. The van der Waals surface area contributed by atoms with Gasteiger partial charge >= 0.3 is 0 Å². The molecule has 7 nitrogen and oxygen atoms in total. The Kier molecular flexibility index (Phi) is 6.64. The molecule has 0 aliphatic carbocycles. The second-order valence-electron chi connectivity index (χ2n) is 8.10. The van der Waals surface area contributed by atoms with E-state index >= 15 is 0 Å². The highest BCUT2D eigenvalue weighted by Gasteiger charge is 2.24. The van der Waals surface area contributed by atoms with Crippen LogP contribution in [0.2, 0.25) is 0 Å². The van der Waals surface area contributed by atoms with E-state index in [9.17, 15) is 0 Å². The van der Waals surface area contributed by atoms with Crippen molar-refractivity contribution in [2.75, 3.05) is 48.5 Å². The van der Waals surface area contributed by atoms with E-state index in [1.54, 1.807) is 7.11 Å². The van der Waals surface area contributed by atoms with Crippen LogP contribution in [0, 0.1) is 5.92 Å². The second kappa shape index (κ2) is 9.57. The average molecular weight is 427 g/mol. The maximum Gasteiger partial charge on any atom is 0.232 e. The van der Waals surface area contributed by atoms with E-state index in [1.165, 1.54) is 24.0 Å². The number of nitrogens with zero attached hydrogens (tertiary/aromatic N) is 4. The summed E-state index contributed by atoms with van der Waals surface area (Å²) in [6.45, 7) is 7.30. The van der Waals surface area contributed by atoms with E-state index in [-0.39, 0.29) is 0 Å². The number of fused-ring (bicyclic) bond motifs is 1. The Balaban J connectivity index is 1.57. The zero-order valence-corrected chi connectivity index (χ0v) is 18.5. The molecular formula is C22H30N6OS. The van der Waals surface area contributed by atoms with Crippen molar-refractivity contribution >= 4 is 34.9 Å². The highest BCUT2D eigenvalue weighted by atomic mass is 32.1. The van der Waals surface area contributed by atoms with Crippen LogP contribution < -0.4 is 20.4 Å². The van der Waals surface area contributed by atoms with Crippen LogP contribution in [-0.4, -0.2) is 48.4 Å². The fourth-order valence-corrected chi connectivity index (χ4v) is 4.30. The van der Waals surface area contributed by atoms with E-state index in [2.05, 4.69) is 57.7 Å². The third-order valence-electron chi connectivity index (χ3n) is 5.66. The molecule has 1 aromatic heterocycles. The van der Waals surface area contributed by atoms with Gasteiger partial charge in [-0.1, -0.05) is 31.2 Å². The predicted octanol–water partition coefficient (Wildman–Crippen LogP) is 3.17. The molecule has 2 aliphatic heterocycles. The minimum absolute atomic E-state index is 0.506. The van der Waals surface area contributed by atoms with Gasteiger partial charge in [0.1, 0.15) is 11.6 Å². The topological polar surface area (TPSA) is 65.6 Å². The number of hydrogen-bond acceptors (Lipinski definition) is 6. The zero-order valence-electron chi connectivity index (χ0n) is 17.7. The van der Waals surface area contributed by atoms with Crippen LogP contribution in [0.3, 0.4) is 0 Å². The van der Waals surface area contributed by atoms with Crippen molar-refractivity contribution in [3.63, 3.8) is 0 Å². The van der Waals surface area contributed by atoms with Gasteiger partial charge in [-0.05, 0) is 42.1 Å². The Morgan fingerprint density at radius 2 is 1.87 bits per heavy atom. The smallest absolute Gasteiger partial charge is 0.232 e. The largest absolute Gasteiger partial charge is 0.383 e. The Bertz CT molecular complexity index is 867. The highest BCUT2D eigenvalue weighted by molar-refractivity contribution is 7.80. The van der Waals surface area contributed by atoms with Crippen LogP contribution in [0.25, 0.3) is 0 Å². The van der Waals surface area contributed by atoms with Crippen LogP contribution in [0.4, 0.5) is 17.6 Å². The first-order valence-corrected chi connectivity index (χ1v) is 11.0. The number of anilines is 3. The normalized spacial score (nSPS) is 18.3. The Morgan fingerprint density at radius 3 is 2.53 bits per heavy atom. The summed E-state index contributed by atoms with van der Waals surface area (Å²) in [4.78, 5) is 14.3. The summed E-state index contributed by atoms with van der Waals surface area (Å²) in [7, 11) is 1.67. The number of benzene rings is 1. The van der Waals surface area contributed by atoms with Gasteiger partial charge in [-0.3, -0.25) is 0 Å². The summed E-state index contributed by atoms with van der Waals surface area (Å²) >= 11 is 5.42. The molecule has 8 heteroatoms. The molecule has 1 atom stereocenters. The minimum Gasteiger partial charge on any atom is -0.383 e. The van der Waals surface area contributed by atoms with E-state index in [1.807, 2.05) is 0 Å². The van der Waals surface area contributed by atoms with Crippen molar-refractivity contribution in [3.8, 4) is 0 Å². The SMILES string of the molecule is COCCNC(=S)Nc1nc(N2Cc3ccccc3C2)cc(N2CCC[C@H](C)C2)n1. The fraction of sp³-hybridized carbons (Fsp3) is 0.500. The summed E-state index contributed by atoms with van der Waals surface area (Å²) in [5.74, 6) is 3.09. The number of nitrogens with one attached hydrogen (secondary N) is 2. The van der Waals surface area contributed by atoms with Gasteiger partial charge in [-0.2, -0.15) is 9.97 Å². The number of thiocarbonyl (C=S) groups is 1. The van der Waals surface area contributed by atoms with Gasteiger partial charge in [-0.25, -0.2) is 0 Å². The van der Waals surface area contributed by atoms with Gasteiger partial charge in [0, 0.05) is 45.9 Å². The molecule has 1 fully saturated rings. The molecule has 160 valence electrons. The lowest BCUT2D eigenvalue weighted by Gasteiger charge is -2.32. The van der Waals surface area contributed by atoms with Crippen LogP contribution in [0.5, 0.6) is 0 Å². The first-order valence-electron chi connectivity index (χ1n) is 10.6. The first-order chi connectivity index (χ1) is 14.6. The third kappa shape index (κ3) is 4.99. The summed E-state index contributed by atoms with van der Waals surface area (Å²) in [5.41, 5.74) is 2.71. The molecule has 0 spiro atoms. The summed E-state index contributed by atoms with van der Waals surface area (Å²) in [6, 6.07) is 10.7. The molecule has 2 N–H and O–H groups in total. The summed E-state index contributed by atoms with van der Waals surface area (Å²) in [6.07, 6.45) is 2.46. The second-order valence-corrected chi connectivity index (χ2v) is 8.51. The first kappa shape index (κ1) is 20.8. The van der Waals surface area contributed by atoms with E-state index in [4.69, 9.17) is 26.9 Å². The lowest BCUT2D eigenvalue weighted by Crippen LogP contribution is -2.36. The number of piperidine rings is 1. The molecule has 2 aliphatic rings. The molecule has 0 radical (unpaired) electrons. The van der Waals surface area contributed by atoms with Gasteiger partial charge in [0.25, 0.3) is 0 Å². The van der Waals surface area contributed by atoms with Crippen LogP contribution >= 0.6 is 12.2 Å². The number of hydrogen-bond donors (Lipinski definition) is 2. The number of rotatable bonds is 6. The van der Waals surface area contributed by atoms with Gasteiger partial charge in [0.15, 0.2) is 5.11 Å². The molecule has 4 rings (SSSR count). The van der Waals surface area contributed by atoms with Crippen LogP contribution in [0.1, 0.15) is 30.9 Å². The van der Waals surface area contributed by atoms with Crippen molar-refractivity contribution in [1.29, 1.82) is 0 Å². The monoisotopic (exact) mass is 426 g/mol. The minimum atomic E-state index is 0.506. The Hall–Kier alpha value is -2.45. The number of methoxy groups -OCH3 is 1. The molecule has 0 bridgehead atoms. The van der Waals surface area contributed by atoms with Crippen molar-refractivity contribution in [1.82, 2.24) is 15.3 Å². The average Bonchev–Trinajstić information content (AvgIpc) is 3.18. The third-order valence-corrected chi connectivity index (χ3v) is 5.91. The van der Waals surface area contributed by atoms with Crippen molar-refractivity contribution in [2.24, 2.45) is 5.92 Å². The van der Waals surface area contributed by atoms with Gasteiger partial charge in [0.05, 0.1) is 6.61 Å². The summed E-state index contributed by atoms with van der Waals surface area (Å²) < 4.78 is 5.07. The zero-order chi connectivity index (χ0) is 20.9. The van der Waals surface area contributed by atoms with Crippen molar-refractivity contribution in [3.05, 3.63) is 41.5 Å². The predicted molar refractivity (Wildman–Crippen MR) is 125 cm³/mol. The molecule has 0 saturated carbocycles. The number of ether oxygens (including phenoxy) is 1. The molecular weight excluding hydrogens is 396 g/mol. The Labute approximate surface area is 183 Å². The van der Waals surface area contributed by atoms with E-state index < -0.39 is 0 Å². The van der Waals surface area contributed by atoms with Gasteiger partial charge in [-0.15, -0.1) is 0 Å². The molecule has 1 saturated heterocycles. The maximum atomic E-state index is 5.42. The Morgan fingerprint density at radius 1 is 1.17 bits per heavy atom. The molecule has 30 heavy (non-hydrogen) atoms. The quantitative estimate of drug-likeness (QED) is 0.539. The highest BCUT2D eigenvalue weighted by Crippen LogP contribution is 2.31. The van der Waals surface area contributed by atoms with E-state index in [0.29, 0.717) is 30.1 Å². The van der Waals surface area contributed by atoms with E-state index in [0.717, 1.165) is 37.8 Å². The maximum absolute atomic E-state index is 5.42. The van der Waals surface area contributed by atoms with Gasteiger partial charge < -0.3 is 25.2 Å². The fourth-order valence-electron chi connectivity index (χ4n) is 4.11. The van der Waals surface area contributed by atoms with Crippen molar-refractivity contribution < 1.29 is 4.74 Å². The molecule has 0 amide bonds. The molecule has 0 unspecified atom stereocenters. The van der Waals surface area contributed by atoms with Crippen LogP contribution in [0.15, 0.2) is 30.3 Å². The van der Waals surface area contributed by atoms with Crippen LogP contribution in [-0.2, 0) is 17.8 Å². The standard InChI is InChI=1S/C22H30N6OS/c1-16-6-5-10-27(13-16)19-12-20(28-14-17-7-3-4-8-18(17)15-28)25-21(24-19)26-22(30)23-9-11-29-2/h3-4,7-8,12,16H,5-6,9-11,13-15H2,1-2H3,(H2,23,24,25,26,30)/t16-/m0/s1. The molecule has 3 heterocycles. The molecule has 2 aromatic rings. The van der Waals surface area contributed by atoms with Crippen molar-refractivity contribution in [2.45, 2.75) is 32.9 Å². The lowest BCUT2D eigenvalue weighted by molar-refractivity contribution is 0.204. The summed E-state index contributed by atoms with van der Waals surface area (Å²) in [5, 5.41) is 6.80. The molecule has 1 aromatic carbocycles. The van der Waals surface area contributed by atoms with Gasteiger partial charge in [0.2, 0.25) is 5.95 Å².